The molecule has 0 saturated heterocycles. The largest absolute Gasteiger partial charge is 0.324 e. The average molecular weight is 378 g/mol. The van der Waals surface area contributed by atoms with Gasteiger partial charge in [0.05, 0.1) is 27.8 Å². The van der Waals surface area contributed by atoms with E-state index in [0.29, 0.717) is 11.5 Å². The van der Waals surface area contributed by atoms with Crippen molar-refractivity contribution in [1.29, 1.82) is 0 Å². The Morgan fingerprint density at radius 3 is 2.31 bits per heavy atom. The van der Waals surface area contributed by atoms with Crippen LogP contribution in [0.3, 0.4) is 0 Å². The molecule has 0 bridgehead atoms. The summed E-state index contributed by atoms with van der Waals surface area (Å²) in [6.07, 6.45) is 0. The fourth-order valence-electron chi connectivity index (χ4n) is 3.66. The van der Waals surface area contributed by atoms with E-state index in [1.165, 1.54) is 0 Å². The summed E-state index contributed by atoms with van der Waals surface area (Å²) in [5.74, 6) is 0.218. The highest BCUT2D eigenvalue weighted by Crippen LogP contribution is 2.30. The maximum absolute atomic E-state index is 13.3. The van der Waals surface area contributed by atoms with Crippen LogP contribution in [0.5, 0.6) is 0 Å². The molecule has 0 saturated carbocycles. The van der Waals surface area contributed by atoms with Gasteiger partial charge in [0.2, 0.25) is 5.95 Å². The molecule has 0 radical (unpaired) electrons. The van der Waals surface area contributed by atoms with Crippen LogP contribution < -0.4 is 5.32 Å². The Morgan fingerprint density at radius 1 is 0.828 bits per heavy atom. The zero-order valence-corrected chi connectivity index (χ0v) is 15.8. The third-order valence-corrected chi connectivity index (χ3v) is 5.03. The van der Waals surface area contributed by atoms with Crippen LogP contribution in [0.2, 0.25) is 0 Å². The van der Waals surface area contributed by atoms with Gasteiger partial charge in [0, 0.05) is 10.9 Å². The number of carbonyl (C=O) groups is 1. The normalized spacial score (nSPS) is 11.1. The first-order valence-electron chi connectivity index (χ1n) is 9.41. The molecule has 3 aromatic carbocycles. The fourth-order valence-corrected chi connectivity index (χ4v) is 3.66. The number of hydrogen-bond acceptors (Lipinski definition) is 3. The summed E-state index contributed by atoms with van der Waals surface area (Å²) in [6, 6.07) is 25.3. The average Bonchev–Trinajstić information content (AvgIpc) is 3.16. The molecular formula is C24H18N4O. The Hall–Kier alpha value is -3.99. The van der Waals surface area contributed by atoms with E-state index in [1.54, 1.807) is 0 Å². The third kappa shape index (κ3) is 3.02. The van der Waals surface area contributed by atoms with E-state index in [1.807, 2.05) is 85.8 Å². The van der Waals surface area contributed by atoms with E-state index in [0.717, 1.165) is 38.8 Å². The summed E-state index contributed by atoms with van der Waals surface area (Å²) in [5.41, 5.74) is 5.70. The number of nitrogens with zero attached hydrogens (tertiary/aromatic N) is 2. The summed E-state index contributed by atoms with van der Waals surface area (Å²) in [5, 5.41) is 3.74. The Labute approximate surface area is 167 Å². The van der Waals surface area contributed by atoms with E-state index >= 15 is 0 Å². The first-order chi connectivity index (χ1) is 14.2. The number of para-hydroxylation sites is 3. The lowest BCUT2D eigenvalue weighted by molar-refractivity contribution is 0.102. The number of hydrogen-bond donors (Lipinski definition) is 2. The Morgan fingerprint density at radius 2 is 1.52 bits per heavy atom. The molecule has 0 fully saturated rings. The van der Waals surface area contributed by atoms with E-state index in [9.17, 15) is 4.79 Å². The summed E-state index contributed by atoms with van der Waals surface area (Å²) in [4.78, 5) is 25.8. The van der Waals surface area contributed by atoms with Gasteiger partial charge in [-0.25, -0.2) is 9.97 Å². The van der Waals surface area contributed by atoms with E-state index in [4.69, 9.17) is 4.98 Å². The smallest absolute Gasteiger partial charge is 0.259 e. The van der Waals surface area contributed by atoms with Gasteiger partial charge >= 0.3 is 0 Å². The molecule has 1 amide bonds. The SMILES string of the molecule is Cc1c(-c2ccccc2)nc2ccccc2c1C(=O)Nc1nc2ccccc2[nH]1. The maximum atomic E-state index is 13.3. The lowest BCUT2D eigenvalue weighted by Gasteiger charge is -2.14. The number of rotatable bonds is 3. The number of imidazole rings is 1. The number of H-pyrrole nitrogens is 1. The number of fused-ring (bicyclic) bond motifs is 2. The van der Waals surface area contributed by atoms with E-state index in [-0.39, 0.29) is 5.91 Å². The molecule has 5 heteroatoms. The highest BCUT2D eigenvalue weighted by molar-refractivity contribution is 6.14. The van der Waals surface area contributed by atoms with Gasteiger partial charge in [-0.2, -0.15) is 0 Å². The van der Waals surface area contributed by atoms with Gasteiger partial charge < -0.3 is 4.98 Å². The van der Waals surface area contributed by atoms with Crippen molar-refractivity contribution in [3.05, 3.63) is 90.0 Å². The maximum Gasteiger partial charge on any atom is 0.259 e. The lowest BCUT2D eigenvalue weighted by atomic mass is 9.97. The van der Waals surface area contributed by atoms with Crippen LogP contribution in [0.25, 0.3) is 33.2 Å². The van der Waals surface area contributed by atoms with Crippen molar-refractivity contribution >= 4 is 33.8 Å². The summed E-state index contributed by atoms with van der Waals surface area (Å²) < 4.78 is 0. The Bertz CT molecular complexity index is 1320. The van der Waals surface area contributed by atoms with Gasteiger partial charge in [-0.05, 0) is 30.7 Å². The van der Waals surface area contributed by atoms with E-state index < -0.39 is 0 Å². The van der Waals surface area contributed by atoms with E-state index in [2.05, 4.69) is 15.3 Å². The molecule has 29 heavy (non-hydrogen) atoms. The van der Waals surface area contributed by atoms with Gasteiger partial charge in [0.25, 0.3) is 5.91 Å². The quantitative estimate of drug-likeness (QED) is 0.445. The van der Waals surface area contributed by atoms with Crippen LogP contribution in [0, 0.1) is 6.92 Å². The molecule has 0 aliphatic carbocycles. The van der Waals surface area contributed by atoms with Crippen LogP contribution in [-0.2, 0) is 0 Å². The first kappa shape index (κ1) is 17.1. The topological polar surface area (TPSA) is 70.7 Å². The summed E-state index contributed by atoms with van der Waals surface area (Å²) in [6.45, 7) is 1.94. The molecule has 5 rings (SSSR count). The van der Waals surface area contributed by atoms with Crippen molar-refractivity contribution in [2.45, 2.75) is 6.92 Å². The Balaban J connectivity index is 1.64. The van der Waals surface area contributed by atoms with Crippen molar-refractivity contribution in [3.8, 4) is 11.3 Å². The molecule has 2 N–H and O–H groups in total. The van der Waals surface area contributed by atoms with Gasteiger partial charge in [0.1, 0.15) is 0 Å². The summed E-state index contributed by atoms with van der Waals surface area (Å²) >= 11 is 0. The molecule has 2 heterocycles. The second kappa shape index (κ2) is 6.87. The van der Waals surface area contributed by atoms with Gasteiger partial charge in [-0.15, -0.1) is 0 Å². The minimum Gasteiger partial charge on any atom is -0.324 e. The number of pyridine rings is 1. The van der Waals surface area contributed by atoms with Crippen LogP contribution in [0.15, 0.2) is 78.9 Å². The molecule has 5 nitrogen and oxygen atoms in total. The predicted octanol–water partition coefficient (Wildman–Crippen LogP) is 5.34. The summed E-state index contributed by atoms with van der Waals surface area (Å²) in [7, 11) is 0. The van der Waals surface area contributed by atoms with Crippen LogP contribution in [-0.4, -0.2) is 20.9 Å². The standard InChI is InChI=1S/C24H18N4O/c1-15-21(23(29)28-24-26-19-13-7-8-14-20(19)27-24)17-11-5-6-12-18(17)25-22(15)16-9-3-2-4-10-16/h2-14H,1H3,(H2,26,27,28,29). The molecule has 0 atom stereocenters. The number of carbonyl (C=O) groups excluding carboxylic acids is 1. The number of amides is 1. The third-order valence-electron chi connectivity index (χ3n) is 5.03. The molecule has 0 aliphatic rings. The second-order valence-electron chi connectivity index (χ2n) is 6.90. The molecule has 0 spiro atoms. The number of aromatic nitrogens is 3. The van der Waals surface area contributed by atoms with Gasteiger partial charge in [-0.1, -0.05) is 60.7 Å². The molecule has 0 aliphatic heterocycles. The van der Waals surface area contributed by atoms with Crippen LogP contribution in [0.1, 0.15) is 15.9 Å². The molecule has 0 unspecified atom stereocenters. The van der Waals surface area contributed by atoms with Crippen molar-refractivity contribution in [3.63, 3.8) is 0 Å². The van der Waals surface area contributed by atoms with Gasteiger partial charge in [0.15, 0.2) is 0 Å². The van der Waals surface area contributed by atoms with Crippen molar-refractivity contribution < 1.29 is 4.79 Å². The molecular weight excluding hydrogens is 360 g/mol. The molecule has 5 aromatic rings. The van der Waals surface area contributed by atoms with Crippen molar-refractivity contribution in [1.82, 2.24) is 15.0 Å². The monoisotopic (exact) mass is 378 g/mol. The minimum atomic E-state index is -0.211. The number of anilines is 1. The minimum absolute atomic E-state index is 0.211. The van der Waals surface area contributed by atoms with Gasteiger partial charge in [-0.3, -0.25) is 10.1 Å². The number of benzene rings is 3. The molecule has 140 valence electrons. The fraction of sp³-hybridized carbons (Fsp3) is 0.0417. The lowest BCUT2D eigenvalue weighted by Crippen LogP contribution is -2.16. The first-order valence-corrected chi connectivity index (χ1v) is 9.41. The Kier molecular flexibility index (Phi) is 4.06. The van der Waals surface area contributed by atoms with Crippen LogP contribution >= 0.6 is 0 Å². The number of aromatic amines is 1. The molecule has 2 aromatic heterocycles. The zero-order valence-electron chi connectivity index (χ0n) is 15.8. The second-order valence-corrected chi connectivity index (χ2v) is 6.90. The van der Waals surface area contributed by atoms with Crippen LogP contribution in [0.4, 0.5) is 5.95 Å². The van der Waals surface area contributed by atoms with Crippen molar-refractivity contribution in [2.75, 3.05) is 5.32 Å². The highest BCUT2D eigenvalue weighted by atomic mass is 16.1. The predicted molar refractivity (Wildman–Crippen MR) is 116 cm³/mol. The number of nitrogens with one attached hydrogen (secondary N) is 2. The zero-order chi connectivity index (χ0) is 19.8. The highest BCUT2D eigenvalue weighted by Gasteiger charge is 2.19. The van der Waals surface area contributed by atoms with Crippen molar-refractivity contribution in [2.24, 2.45) is 0 Å².